The molecule has 1 aromatic rings. The van der Waals surface area contributed by atoms with Crippen LogP contribution in [0.5, 0.6) is 0 Å². The first-order valence-corrected chi connectivity index (χ1v) is 7.68. The molecule has 0 saturated heterocycles. The van der Waals surface area contributed by atoms with E-state index in [0.29, 0.717) is 12.5 Å². The number of guanidine groups is 1. The van der Waals surface area contributed by atoms with E-state index in [1.807, 2.05) is 45.0 Å². The molecule has 0 saturated carbocycles. The Hall–Kier alpha value is -1.75. The Morgan fingerprint density at radius 3 is 2.59 bits per heavy atom. The molecule has 0 aromatic heterocycles. The Morgan fingerprint density at radius 2 is 2.00 bits per heavy atom. The van der Waals surface area contributed by atoms with Crippen LogP contribution in [0.3, 0.4) is 0 Å². The summed E-state index contributed by atoms with van der Waals surface area (Å²) in [6, 6.07) is 7.76. The normalized spacial score (nSPS) is 12.0. The molecular formula is C16H25ClN4O. The van der Waals surface area contributed by atoms with Crippen molar-refractivity contribution in [3.8, 4) is 0 Å². The van der Waals surface area contributed by atoms with Gasteiger partial charge >= 0.3 is 0 Å². The number of aliphatic imine (C=N–C) groups is 1. The largest absolute Gasteiger partial charge is 0.356 e. The van der Waals surface area contributed by atoms with Gasteiger partial charge in [0, 0.05) is 24.2 Å². The van der Waals surface area contributed by atoms with E-state index in [1.54, 1.807) is 7.05 Å². The third-order valence-corrected chi connectivity index (χ3v) is 2.98. The van der Waals surface area contributed by atoms with Crippen molar-refractivity contribution in [3.63, 3.8) is 0 Å². The predicted octanol–water partition coefficient (Wildman–Crippen LogP) is 1.96. The first-order valence-electron chi connectivity index (χ1n) is 7.30. The van der Waals surface area contributed by atoms with Crippen molar-refractivity contribution in [2.24, 2.45) is 4.99 Å². The minimum Gasteiger partial charge on any atom is -0.356 e. The van der Waals surface area contributed by atoms with E-state index in [9.17, 15) is 4.79 Å². The molecule has 1 rings (SSSR count). The molecule has 0 aliphatic rings. The zero-order valence-corrected chi connectivity index (χ0v) is 14.4. The predicted molar refractivity (Wildman–Crippen MR) is 92.4 cm³/mol. The minimum absolute atomic E-state index is 0.0645. The summed E-state index contributed by atoms with van der Waals surface area (Å²) in [5.41, 5.74) is 0.920. The summed E-state index contributed by atoms with van der Waals surface area (Å²) in [6.45, 7) is 6.74. The van der Waals surface area contributed by atoms with Crippen LogP contribution in [0, 0.1) is 0 Å². The molecule has 0 radical (unpaired) electrons. The van der Waals surface area contributed by atoms with Gasteiger partial charge in [0.25, 0.3) is 0 Å². The molecule has 0 bridgehead atoms. The molecule has 0 atom stereocenters. The molecule has 0 heterocycles. The number of carbonyl (C=O) groups is 1. The molecule has 6 heteroatoms. The highest BCUT2D eigenvalue weighted by atomic mass is 35.5. The highest BCUT2D eigenvalue weighted by Gasteiger charge is 2.13. The molecule has 22 heavy (non-hydrogen) atoms. The van der Waals surface area contributed by atoms with E-state index < -0.39 is 0 Å². The van der Waals surface area contributed by atoms with Crippen molar-refractivity contribution in [1.82, 2.24) is 16.0 Å². The fraction of sp³-hybridized carbons (Fsp3) is 0.500. The maximum absolute atomic E-state index is 11.7. The molecule has 1 aromatic carbocycles. The van der Waals surface area contributed by atoms with Gasteiger partial charge in [0.05, 0.1) is 6.54 Å². The van der Waals surface area contributed by atoms with Gasteiger partial charge in [-0.05, 0) is 44.9 Å². The van der Waals surface area contributed by atoms with Gasteiger partial charge in [0.2, 0.25) is 5.91 Å². The summed E-state index contributed by atoms with van der Waals surface area (Å²) < 4.78 is 0. The highest BCUT2D eigenvalue weighted by Crippen LogP contribution is 2.10. The Bertz CT molecular complexity index is 523. The second-order valence-electron chi connectivity index (χ2n) is 6.03. The van der Waals surface area contributed by atoms with Gasteiger partial charge < -0.3 is 16.0 Å². The number of rotatable bonds is 5. The molecule has 0 unspecified atom stereocenters. The van der Waals surface area contributed by atoms with Crippen LogP contribution in [0.4, 0.5) is 0 Å². The number of nitrogens with one attached hydrogen (secondary N) is 3. The molecule has 0 spiro atoms. The van der Waals surface area contributed by atoms with Gasteiger partial charge in [0.1, 0.15) is 0 Å². The monoisotopic (exact) mass is 324 g/mol. The van der Waals surface area contributed by atoms with E-state index in [4.69, 9.17) is 11.6 Å². The van der Waals surface area contributed by atoms with Crippen LogP contribution in [0.25, 0.3) is 0 Å². The Labute approximate surface area is 137 Å². The number of benzene rings is 1. The summed E-state index contributed by atoms with van der Waals surface area (Å²) in [5, 5.41) is 9.78. The first kappa shape index (κ1) is 18.3. The van der Waals surface area contributed by atoms with Crippen LogP contribution >= 0.6 is 11.6 Å². The maximum atomic E-state index is 11.7. The van der Waals surface area contributed by atoms with Gasteiger partial charge in [-0.1, -0.05) is 23.7 Å². The van der Waals surface area contributed by atoms with Crippen molar-refractivity contribution in [1.29, 1.82) is 0 Å². The zero-order valence-electron chi connectivity index (χ0n) is 13.7. The summed E-state index contributed by atoms with van der Waals surface area (Å²) >= 11 is 5.95. The molecule has 0 aliphatic carbocycles. The van der Waals surface area contributed by atoms with Gasteiger partial charge in [-0.2, -0.15) is 0 Å². The molecule has 0 aliphatic heterocycles. The smallest absolute Gasteiger partial charge is 0.239 e. The Balaban J connectivity index is 2.32. The second-order valence-corrected chi connectivity index (χ2v) is 6.47. The number of amides is 1. The van der Waals surface area contributed by atoms with Crippen LogP contribution in [0.1, 0.15) is 26.3 Å². The van der Waals surface area contributed by atoms with Crippen molar-refractivity contribution in [3.05, 3.63) is 34.9 Å². The lowest BCUT2D eigenvalue weighted by atomic mass is 10.1. The topological polar surface area (TPSA) is 65.5 Å². The van der Waals surface area contributed by atoms with Crippen molar-refractivity contribution >= 4 is 23.5 Å². The second kappa shape index (κ2) is 8.63. The van der Waals surface area contributed by atoms with Crippen LogP contribution in [0.15, 0.2) is 29.3 Å². The van der Waals surface area contributed by atoms with Crippen molar-refractivity contribution in [2.45, 2.75) is 32.7 Å². The van der Waals surface area contributed by atoms with Crippen molar-refractivity contribution < 1.29 is 4.79 Å². The van der Waals surface area contributed by atoms with E-state index in [0.717, 1.165) is 17.0 Å². The number of halogens is 1. The quantitative estimate of drug-likeness (QED) is 0.573. The Morgan fingerprint density at radius 1 is 1.27 bits per heavy atom. The number of hydrogen-bond acceptors (Lipinski definition) is 2. The number of carbonyl (C=O) groups excluding carboxylic acids is 1. The zero-order chi connectivity index (χ0) is 16.6. The fourth-order valence-electron chi connectivity index (χ4n) is 1.86. The molecule has 1 amide bonds. The van der Waals surface area contributed by atoms with Gasteiger partial charge in [-0.3, -0.25) is 9.79 Å². The average molecular weight is 325 g/mol. The van der Waals surface area contributed by atoms with Crippen LogP contribution in [-0.4, -0.2) is 37.5 Å². The van der Waals surface area contributed by atoms with E-state index >= 15 is 0 Å². The third kappa shape index (κ3) is 7.88. The highest BCUT2D eigenvalue weighted by molar-refractivity contribution is 6.30. The van der Waals surface area contributed by atoms with Crippen molar-refractivity contribution in [2.75, 3.05) is 20.1 Å². The Kier molecular flexibility index (Phi) is 7.18. The van der Waals surface area contributed by atoms with Gasteiger partial charge in [-0.25, -0.2) is 0 Å². The average Bonchev–Trinajstić information content (AvgIpc) is 2.40. The number of hydrogen-bond donors (Lipinski definition) is 3. The lowest BCUT2D eigenvalue weighted by Gasteiger charge is -2.21. The maximum Gasteiger partial charge on any atom is 0.239 e. The summed E-state index contributed by atoms with van der Waals surface area (Å²) in [4.78, 5) is 15.8. The lowest BCUT2D eigenvalue weighted by Crippen LogP contribution is -2.48. The van der Waals surface area contributed by atoms with E-state index in [1.165, 1.54) is 0 Å². The van der Waals surface area contributed by atoms with Gasteiger partial charge in [-0.15, -0.1) is 0 Å². The standard InChI is InChI=1S/C16H25ClN4O/c1-16(2,3)21-14(22)11-20-15(18-4)19-9-8-12-6-5-7-13(17)10-12/h5-7,10H,8-9,11H2,1-4H3,(H,21,22)(H2,18,19,20). The summed E-state index contributed by atoms with van der Waals surface area (Å²) in [5.74, 6) is 0.538. The van der Waals surface area contributed by atoms with Gasteiger partial charge in [0.15, 0.2) is 5.96 Å². The molecule has 3 N–H and O–H groups in total. The molecular weight excluding hydrogens is 300 g/mol. The molecule has 5 nitrogen and oxygen atoms in total. The molecule has 0 fully saturated rings. The SMILES string of the molecule is CN=C(NCCc1cccc(Cl)c1)NCC(=O)NC(C)(C)C. The fourth-order valence-corrected chi connectivity index (χ4v) is 2.08. The third-order valence-electron chi connectivity index (χ3n) is 2.75. The van der Waals surface area contributed by atoms with Crippen LogP contribution < -0.4 is 16.0 Å². The van der Waals surface area contributed by atoms with E-state index in [2.05, 4.69) is 20.9 Å². The van der Waals surface area contributed by atoms with Crippen LogP contribution in [-0.2, 0) is 11.2 Å². The lowest BCUT2D eigenvalue weighted by molar-refractivity contribution is -0.121. The summed E-state index contributed by atoms with van der Waals surface area (Å²) in [6.07, 6.45) is 0.829. The molecule has 122 valence electrons. The van der Waals surface area contributed by atoms with E-state index in [-0.39, 0.29) is 18.0 Å². The van der Waals surface area contributed by atoms with Crippen LogP contribution in [0.2, 0.25) is 5.02 Å². The minimum atomic E-state index is -0.234. The first-order chi connectivity index (χ1) is 10.3. The number of nitrogens with zero attached hydrogens (tertiary/aromatic N) is 1. The summed E-state index contributed by atoms with van der Waals surface area (Å²) in [7, 11) is 1.68.